The fourth-order valence-electron chi connectivity index (χ4n) is 3.83. The summed E-state index contributed by atoms with van der Waals surface area (Å²) in [6.45, 7) is 0. The van der Waals surface area contributed by atoms with Gasteiger partial charge in [0.1, 0.15) is 0 Å². The second-order valence-corrected chi connectivity index (χ2v) is 7.78. The molecule has 0 saturated carbocycles. The van der Waals surface area contributed by atoms with Crippen molar-refractivity contribution in [1.29, 1.82) is 0 Å². The zero-order valence-corrected chi connectivity index (χ0v) is 16.7. The predicted octanol–water partition coefficient (Wildman–Crippen LogP) is 8.36. The van der Waals surface area contributed by atoms with Crippen LogP contribution in [0.1, 0.15) is 0 Å². The quantitative estimate of drug-likeness (QED) is 0.249. The average molecular weight is 388 g/mol. The molecule has 0 amide bonds. The van der Waals surface area contributed by atoms with Crippen molar-refractivity contribution in [2.45, 2.75) is 0 Å². The maximum Gasteiger partial charge on any atom is -0.00266 e. The van der Waals surface area contributed by atoms with Gasteiger partial charge in [0.05, 0.1) is 0 Å². The van der Waals surface area contributed by atoms with Gasteiger partial charge in [-0.25, -0.2) is 0 Å². The molecule has 6 aromatic rings. The third kappa shape index (κ3) is 3.53. The first-order valence-corrected chi connectivity index (χ1v) is 10.6. The zero-order valence-electron chi connectivity index (χ0n) is 15.9. The Hall–Kier alpha value is -3.42. The molecule has 0 N–H and O–H groups in total. The van der Waals surface area contributed by atoms with Crippen molar-refractivity contribution in [3.63, 3.8) is 0 Å². The molecule has 6 rings (SSSR count). The molecule has 0 bridgehead atoms. The zero-order chi connectivity index (χ0) is 19.5. The molecule has 1 aromatic heterocycles. The summed E-state index contributed by atoms with van der Waals surface area (Å²) in [5, 5.41) is 11.6. The Balaban J connectivity index is 0.000000319. The Morgan fingerprint density at radius 3 is 2.10 bits per heavy atom. The van der Waals surface area contributed by atoms with Gasteiger partial charge in [0.2, 0.25) is 0 Å². The molecule has 0 atom stereocenters. The van der Waals surface area contributed by atoms with Crippen LogP contribution in [-0.2, 0) is 0 Å². The molecule has 5 aromatic carbocycles. The van der Waals surface area contributed by atoms with Gasteiger partial charge in [-0.2, -0.15) is 11.3 Å². The van der Waals surface area contributed by atoms with Crippen molar-refractivity contribution < 1.29 is 0 Å². The van der Waals surface area contributed by atoms with Gasteiger partial charge in [0, 0.05) is 0 Å². The Bertz CT molecular complexity index is 1360. The van der Waals surface area contributed by atoms with Gasteiger partial charge in [-0.3, -0.25) is 0 Å². The van der Waals surface area contributed by atoms with Crippen molar-refractivity contribution in [2.75, 3.05) is 0 Å². The Labute approximate surface area is 174 Å². The third-order valence-corrected chi connectivity index (χ3v) is 5.76. The van der Waals surface area contributed by atoms with E-state index < -0.39 is 0 Å². The molecule has 1 radical (unpaired) electrons. The van der Waals surface area contributed by atoms with Crippen LogP contribution in [-0.4, -0.2) is 0 Å². The molecule has 0 aliphatic carbocycles. The molecular formula is C28H19S. The molecule has 0 unspecified atom stereocenters. The van der Waals surface area contributed by atoms with Crippen LogP contribution < -0.4 is 0 Å². The second kappa shape index (κ2) is 7.90. The highest BCUT2D eigenvalue weighted by Gasteiger charge is 2.10. The van der Waals surface area contributed by atoms with Gasteiger partial charge in [-0.15, -0.1) is 0 Å². The Morgan fingerprint density at radius 2 is 1.31 bits per heavy atom. The molecule has 29 heavy (non-hydrogen) atoms. The van der Waals surface area contributed by atoms with Crippen LogP contribution >= 0.6 is 11.3 Å². The van der Waals surface area contributed by atoms with Crippen LogP contribution in [0, 0.1) is 6.07 Å². The van der Waals surface area contributed by atoms with Gasteiger partial charge < -0.3 is 0 Å². The van der Waals surface area contributed by atoms with E-state index in [4.69, 9.17) is 0 Å². The van der Waals surface area contributed by atoms with Crippen LogP contribution in [0.3, 0.4) is 0 Å². The SMILES string of the molecule is [c]1cccc2cc3c(-c4ccccc4)c4ccccc4cc3cc12.c1ccsc1. The van der Waals surface area contributed by atoms with Gasteiger partial charge in [0.25, 0.3) is 0 Å². The number of benzene rings is 5. The van der Waals surface area contributed by atoms with E-state index in [1.54, 1.807) is 11.3 Å². The van der Waals surface area contributed by atoms with E-state index >= 15 is 0 Å². The summed E-state index contributed by atoms with van der Waals surface area (Å²) in [7, 11) is 0. The number of hydrogen-bond acceptors (Lipinski definition) is 1. The summed E-state index contributed by atoms with van der Waals surface area (Å²) in [4.78, 5) is 0. The highest BCUT2D eigenvalue weighted by molar-refractivity contribution is 7.07. The molecule has 0 spiro atoms. The maximum atomic E-state index is 3.35. The standard InChI is InChI=1S/C24H15.C4H4S/c1-2-8-17(9-3-1)24-22-13-7-6-12-20(22)15-21-14-18-10-4-5-11-19(18)16-23(21)24;1-2-4-5-3-1/h1-9,11-16H;1-4H. The molecule has 0 nitrogen and oxygen atoms in total. The van der Waals surface area contributed by atoms with Gasteiger partial charge >= 0.3 is 0 Å². The first-order valence-electron chi connectivity index (χ1n) is 9.69. The van der Waals surface area contributed by atoms with E-state index in [0.717, 1.165) is 0 Å². The van der Waals surface area contributed by atoms with E-state index in [9.17, 15) is 0 Å². The van der Waals surface area contributed by atoms with E-state index in [0.29, 0.717) is 0 Å². The molecular weight excluding hydrogens is 368 g/mol. The summed E-state index contributed by atoms with van der Waals surface area (Å²) in [5.41, 5.74) is 2.58. The Kier molecular flexibility index (Phi) is 4.81. The topological polar surface area (TPSA) is 0 Å². The smallest absolute Gasteiger partial charge is 0.00266 e. The second-order valence-electron chi connectivity index (χ2n) is 6.96. The van der Waals surface area contributed by atoms with Crippen LogP contribution in [0.4, 0.5) is 0 Å². The number of hydrogen-bond donors (Lipinski definition) is 0. The summed E-state index contributed by atoms with van der Waals surface area (Å²) in [6.07, 6.45) is 0. The lowest BCUT2D eigenvalue weighted by atomic mass is 9.90. The fourth-order valence-corrected chi connectivity index (χ4v) is 4.28. The third-order valence-electron chi connectivity index (χ3n) is 5.13. The van der Waals surface area contributed by atoms with Crippen molar-refractivity contribution >= 4 is 43.7 Å². The van der Waals surface area contributed by atoms with Gasteiger partial charge in [-0.05, 0) is 78.5 Å². The van der Waals surface area contributed by atoms with Crippen LogP contribution in [0.25, 0.3) is 43.4 Å². The van der Waals surface area contributed by atoms with Crippen LogP contribution in [0.5, 0.6) is 0 Å². The van der Waals surface area contributed by atoms with Gasteiger partial charge in [0.15, 0.2) is 0 Å². The molecule has 137 valence electrons. The lowest BCUT2D eigenvalue weighted by Crippen LogP contribution is -1.86. The minimum atomic E-state index is 1.17. The van der Waals surface area contributed by atoms with E-state index in [1.165, 1.54) is 43.4 Å². The first-order chi connectivity index (χ1) is 14.4. The minimum Gasteiger partial charge on any atom is -0.152 e. The number of rotatable bonds is 1. The fraction of sp³-hybridized carbons (Fsp3) is 0. The normalized spacial score (nSPS) is 10.8. The molecule has 0 aliphatic rings. The first kappa shape index (κ1) is 17.7. The van der Waals surface area contributed by atoms with Crippen molar-refractivity contribution in [2.24, 2.45) is 0 Å². The molecule has 1 heteroatoms. The van der Waals surface area contributed by atoms with E-state index in [1.807, 2.05) is 29.0 Å². The highest BCUT2D eigenvalue weighted by Crippen LogP contribution is 2.37. The van der Waals surface area contributed by atoms with Crippen LogP contribution in [0.2, 0.25) is 0 Å². The highest BCUT2D eigenvalue weighted by atomic mass is 32.1. The summed E-state index contributed by atoms with van der Waals surface area (Å²) < 4.78 is 0. The van der Waals surface area contributed by atoms with Gasteiger partial charge in [-0.1, -0.05) is 84.9 Å². The minimum absolute atomic E-state index is 1.17. The van der Waals surface area contributed by atoms with Crippen LogP contribution in [0.15, 0.2) is 114 Å². The number of thiophene rings is 1. The monoisotopic (exact) mass is 387 g/mol. The lowest BCUT2D eigenvalue weighted by molar-refractivity contribution is 1.68. The molecule has 1 heterocycles. The lowest BCUT2D eigenvalue weighted by Gasteiger charge is -2.13. The number of fused-ring (bicyclic) bond motifs is 3. The van der Waals surface area contributed by atoms with Crippen molar-refractivity contribution in [3.05, 3.63) is 120 Å². The summed E-state index contributed by atoms with van der Waals surface area (Å²) in [6, 6.07) is 39.8. The predicted molar refractivity (Wildman–Crippen MR) is 128 cm³/mol. The Morgan fingerprint density at radius 1 is 0.552 bits per heavy atom. The summed E-state index contributed by atoms with van der Waals surface area (Å²) >= 11 is 1.71. The molecule has 0 saturated heterocycles. The van der Waals surface area contributed by atoms with E-state index in [-0.39, 0.29) is 0 Å². The average Bonchev–Trinajstić information content (AvgIpc) is 3.37. The largest absolute Gasteiger partial charge is 0.152 e. The van der Waals surface area contributed by atoms with Crippen molar-refractivity contribution in [1.82, 2.24) is 0 Å². The van der Waals surface area contributed by atoms with Crippen molar-refractivity contribution in [3.8, 4) is 11.1 Å². The summed E-state index contributed by atoms with van der Waals surface area (Å²) in [5.74, 6) is 0. The van der Waals surface area contributed by atoms with E-state index in [2.05, 4.69) is 91.0 Å². The molecule has 0 aliphatic heterocycles. The molecule has 0 fully saturated rings. The maximum absolute atomic E-state index is 3.35.